The van der Waals surface area contributed by atoms with E-state index in [0.717, 1.165) is 86.4 Å². The number of pyridine rings is 7. The van der Waals surface area contributed by atoms with Gasteiger partial charge in [0, 0.05) is 140 Å². The van der Waals surface area contributed by atoms with Crippen LogP contribution in [0.2, 0.25) is 0 Å². The number of nitrogen functional groups attached to an aromatic ring is 1. The molecule has 0 radical (unpaired) electrons. The van der Waals surface area contributed by atoms with Crippen molar-refractivity contribution in [2.24, 2.45) is 5.84 Å². The first-order valence-electron chi connectivity index (χ1n) is 25.7. The molecule has 6 N–H and O–H groups in total. The molecule has 0 saturated carbocycles. The first-order chi connectivity index (χ1) is 40.7. The van der Waals surface area contributed by atoms with Crippen LogP contribution in [0.3, 0.4) is 0 Å². The number of fused-ring (bicyclic) bond motifs is 9. The predicted molar refractivity (Wildman–Crippen MR) is 390 cm³/mol. The number of nitrogens with zero attached hydrogens (tertiary/aromatic N) is 9. The number of piperidine rings is 1. The molecule has 1 saturated heterocycles. The van der Waals surface area contributed by atoms with Crippen LogP contribution in [0.25, 0.3) is 54.9 Å². The molecule has 0 bridgehead atoms. The van der Waals surface area contributed by atoms with Crippen molar-refractivity contribution in [3.05, 3.63) is 178 Å². The number of Topliss-reactive ketones (excluding diaryl/α,β-unsaturated/α-hetero) is 1. The number of hydrazine groups is 1. The Morgan fingerprint density at radius 2 is 1.20 bits per heavy atom. The molecule has 12 heterocycles. The number of carbonyl (C=O) groups is 2. The molecular weight excluding hydrogens is 1850 g/mol. The molecule has 86 heavy (non-hydrogen) atoms. The molecule has 13 rings (SSSR count). The molecule has 19 nitrogen and oxygen atoms in total. The smallest absolute Gasteiger partial charge is 0.410 e. The third-order valence-electron chi connectivity index (χ3n) is 12.3. The van der Waals surface area contributed by atoms with Gasteiger partial charge in [-0.1, -0.05) is 29.8 Å². The molecule has 452 valence electrons. The highest BCUT2D eigenvalue weighted by molar-refractivity contribution is 15.0. The number of hydrogen-bond acceptors (Lipinski definition) is 15. The standard InChI is InChI=1S/C17H12BrN3O2S.C10H10BrN3.C10H6BrN3.C10H17NO3.C5H3Br2N.C5H6BrN3.I2.HI/c1-11-2-4-12(5-3-11)24(22,23)21-15-8-9-19-10-14(15)13-6-7-16(18)20-17(13)21;2*11-9-2-1-6-7-5-12-4-3-8(7)13-10(6)14-9;1-10(2,3)14-9(13)11-6-4-8(12)5-7-11;6-4-2-1-3-5(7)8-4;6-4-2-1-3-5(8-4)9-7;1-2;/h2-10H,1H3;1-2,12H,3-5H2,(H,13,14);1-5H,(H,13,14);4-7H2,1-3H3;1-3H;1-3H,7H2,(H,8,9);;1H. The predicted octanol–water partition coefficient (Wildman–Crippen LogP) is 16.4. The fraction of sp³-hybridized carbons (Fsp3) is 0.211. The van der Waals surface area contributed by atoms with Gasteiger partial charge in [-0.15, -0.1) is 24.0 Å². The van der Waals surface area contributed by atoms with E-state index < -0.39 is 15.6 Å². The average Bonchev–Trinajstić information content (AvgIpc) is 1.85. The van der Waals surface area contributed by atoms with Crippen molar-refractivity contribution in [1.82, 2.24) is 59.0 Å². The van der Waals surface area contributed by atoms with Crippen molar-refractivity contribution < 1.29 is 22.7 Å². The van der Waals surface area contributed by atoms with Crippen LogP contribution in [0, 0.1) is 6.92 Å². The van der Waals surface area contributed by atoms with Crippen LogP contribution in [-0.4, -0.2) is 99.3 Å². The van der Waals surface area contributed by atoms with Crippen LogP contribution in [0.1, 0.15) is 50.4 Å². The maximum Gasteiger partial charge on any atom is 0.410 e. The lowest BCUT2D eigenvalue weighted by molar-refractivity contribution is -0.121. The summed E-state index contributed by atoms with van der Waals surface area (Å²) in [5.74, 6) is 5.97. The number of hydrogen-bond donors (Lipinski definition) is 5. The summed E-state index contributed by atoms with van der Waals surface area (Å²) in [7, 11) is -3.78. The van der Waals surface area contributed by atoms with E-state index >= 15 is 0 Å². The summed E-state index contributed by atoms with van der Waals surface area (Å²) in [5.41, 5.74) is 9.58. The second-order valence-electron chi connectivity index (χ2n) is 19.4. The summed E-state index contributed by atoms with van der Waals surface area (Å²) in [6.45, 7) is 10.4. The Hall–Kier alpha value is -3.91. The molecule has 1 fully saturated rings. The van der Waals surface area contributed by atoms with Crippen molar-refractivity contribution in [2.45, 2.75) is 64.0 Å². The molecule has 29 heteroatoms. The molecule has 1 amide bonds. The van der Waals surface area contributed by atoms with Crippen LogP contribution < -0.4 is 16.6 Å². The largest absolute Gasteiger partial charge is 0.444 e. The molecule has 2 aliphatic rings. The zero-order chi connectivity index (χ0) is 61.4. The number of aryl methyl sites for hydroxylation is 1. The zero-order valence-electron chi connectivity index (χ0n) is 46.1. The number of rotatable bonds is 3. The Morgan fingerprint density at radius 1 is 0.651 bits per heavy atom. The number of ether oxygens (including phenoxy) is 1. The van der Waals surface area contributed by atoms with Crippen LogP contribution in [0.15, 0.2) is 166 Å². The van der Waals surface area contributed by atoms with Gasteiger partial charge in [-0.05, 0) is 214 Å². The molecule has 0 aliphatic carbocycles. The number of amides is 1. The number of aromatic amines is 2. The maximum absolute atomic E-state index is 13.2. The highest BCUT2D eigenvalue weighted by Gasteiger charge is 2.26. The van der Waals surface area contributed by atoms with Gasteiger partial charge in [-0.3, -0.25) is 14.8 Å². The minimum absolute atomic E-state index is 0. The summed E-state index contributed by atoms with van der Waals surface area (Å²) in [5, 5.41) is 8.34. The number of nitrogens with one attached hydrogen (secondary N) is 4. The quantitative estimate of drug-likeness (QED) is 0.0477. The van der Waals surface area contributed by atoms with Gasteiger partial charge < -0.3 is 30.3 Å². The van der Waals surface area contributed by atoms with Crippen LogP contribution >= 0.6 is 157 Å². The highest BCUT2D eigenvalue weighted by atomic mass is 128. The number of benzene rings is 1. The molecule has 1 aromatic carbocycles. The van der Waals surface area contributed by atoms with E-state index in [9.17, 15) is 18.0 Å². The summed E-state index contributed by atoms with van der Waals surface area (Å²) < 4.78 is 37.7. The lowest BCUT2D eigenvalue weighted by Crippen LogP contribution is -2.41. The van der Waals surface area contributed by atoms with Crippen molar-refractivity contribution in [3.63, 3.8) is 0 Å². The second-order valence-corrected chi connectivity index (χ2v) is 26.0. The number of anilines is 1. The molecule has 11 aromatic rings. The summed E-state index contributed by atoms with van der Waals surface area (Å²) in [6, 6.07) is 33.3. The van der Waals surface area contributed by atoms with Gasteiger partial charge in [0.2, 0.25) is 0 Å². The highest BCUT2D eigenvalue weighted by Crippen LogP contribution is 2.32. The lowest BCUT2D eigenvalue weighted by Gasteiger charge is -2.29. The first kappa shape index (κ1) is 71.2. The van der Waals surface area contributed by atoms with E-state index in [1.807, 2.05) is 94.6 Å². The number of halogens is 9. The maximum atomic E-state index is 13.2. The molecule has 0 atom stereocenters. The van der Waals surface area contributed by atoms with Gasteiger partial charge in [0.25, 0.3) is 10.0 Å². The Kier molecular flexibility index (Phi) is 28.0. The van der Waals surface area contributed by atoms with E-state index in [1.165, 1.54) is 20.6 Å². The van der Waals surface area contributed by atoms with E-state index in [1.54, 1.807) is 66.0 Å². The lowest BCUT2D eigenvalue weighted by atomic mass is 10.1. The third-order valence-corrected chi connectivity index (χ3v) is 16.7. The normalized spacial score (nSPS) is 12.6. The van der Waals surface area contributed by atoms with Crippen molar-refractivity contribution in [3.8, 4) is 0 Å². The van der Waals surface area contributed by atoms with E-state index in [4.69, 9.17) is 10.6 Å². The minimum atomic E-state index is -3.78. The van der Waals surface area contributed by atoms with Gasteiger partial charge in [-0.2, -0.15) is 0 Å². The van der Waals surface area contributed by atoms with Gasteiger partial charge in [-0.25, -0.2) is 47.9 Å². The van der Waals surface area contributed by atoms with Crippen molar-refractivity contribution in [2.75, 3.05) is 25.1 Å². The number of likely N-dealkylation sites (tertiary alicyclic amines) is 1. The van der Waals surface area contributed by atoms with Gasteiger partial charge >= 0.3 is 6.09 Å². The number of carbonyl (C=O) groups excluding carboxylic acids is 2. The molecule has 10 aromatic heterocycles. The average molecular weight is 1910 g/mol. The SMILES string of the molecule is Brc1ccc2c(n1)[nH]c1ccncc12.Brc1ccc2c3c([nH]c2n1)CCNC3.Brc1cccc(Br)n1.CC(C)(C)OC(=O)N1CCC(=O)CC1.Cc1ccc(S(=O)(=O)n2c3ccncc3c3ccc(Br)nc32)cc1.I.II.NNc1cccc(Br)n1. The summed E-state index contributed by atoms with van der Waals surface area (Å²) in [4.78, 5) is 60.2. The van der Waals surface area contributed by atoms with E-state index in [0.29, 0.717) is 47.5 Å². The van der Waals surface area contributed by atoms with Crippen molar-refractivity contribution in [1.29, 1.82) is 0 Å². The van der Waals surface area contributed by atoms with Gasteiger partial charge in [0.15, 0.2) is 5.65 Å². The monoisotopic (exact) mass is 1900 g/mol. The number of aromatic nitrogens is 10. The number of nitrogens with two attached hydrogens (primary N) is 1. The van der Waals surface area contributed by atoms with E-state index in [-0.39, 0.29) is 40.7 Å². The van der Waals surface area contributed by atoms with Crippen LogP contribution in [0.4, 0.5) is 10.6 Å². The Labute approximate surface area is 587 Å². The Balaban J connectivity index is 0.000000170. The zero-order valence-corrected chi connectivity index (χ0v) is 63.1. The summed E-state index contributed by atoms with van der Waals surface area (Å²) >= 11 is 23.9. The Morgan fingerprint density at radius 3 is 1.78 bits per heavy atom. The molecule has 2 aliphatic heterocycles. The van der Waals surface area contributed by atoms with Crippen LogP contribution in [-0.2, 0) is 32.5 Å². The summed E-state index contributed by atoms with van der Waals surface area (Å²) in [6.07, 6.45) is 8.54. The van der Waals surface area contributed by atoms with Gasteiger partial charge in [0.05, 0.1) is 15.9 Å². The topological polar surface area (TPSA) is 258 Å². The molecule has 0 spiro atoms. The number of H-pyrrole nitrogens is 2. The molecule has 0 unspecified atom stereocenters. The van der Waals surface area contributed by atoms with Crippen molar-refractivity contribution >= 4 is 239 Å². The minimum Gasteiger partial charge on any atom is -0.444 e. The number of ketones is 1. The first-order valence-corrected chi connectivity index (χ1v) is 38.1. The fourth-order valence-electron chi connectivity index (χ4n) is 8.46. The fourth-order valence-corrected chi connectivity index (χ4v) is 12.1. The molecular formula is C57H55Br6I3N14O5S. The Bertz CT molecular complexity index is 4190. The van der Waals surface area contributed by atoms with E-state index in [2.05, 4.69) is 194 Å². The third kappa shape index (κ3) is 19.8. The van der Waals surface area contributed by atoms with Crippen LogP contribution in [0.5, 0.6) is 0 Å². The van der Waals surface area contributed by atoms with Gasteiger partial charge in [0.1, 0.15) is 56.1 Å². The second kappa shape index (κ2) is 33.8.